The molecular weight excluding hydrogens is 202 g/mol. The SMILES string of the molecule is COC1(CNC(=O)C(C)CCl)CCC1. The Morgan fingerprint density at radius 2 is 2.29 bits per heavy atom. The molecule has 3 nitrogen and oxygen atoms in total. The van der Waals surface area contributed by atoms with Gasteiger partial charge in [0.2, 0.25) is 5.91 Å². The van der Waals surface area contributed by atoms with Crippen molar-refractivity contribution in [2.45, 2.75) is 31.8 Å². The second-order valence-electron chi connectivity index (χ2n) is 4.01. The number of ether oxygens (including phenoxy) is 1. The van der Waals surface area contributed by atoms with Gasteiger partial charge in [-0.25, -0.2) is 0 Å². The van der Waals surface area contributed by atoms with E-state index in [1.807, 2.05) is 6.92 Å². The van der Waals surface area contributed by atoms with Crippen LogP contribution in [0.1, 0.15) is 26.2 Å². The van der Waals surface area contributed by atoms with Crippen molar-refractivity contribution in [1.82, 2.24) is 5.32 Å². The number of amides is 1. The van der Waals surface area contributed by atoms with E-state index in [-0.39, 0.29) is 17.4 Å². The normalized spacial score (nSPS) is 21.1. The fraction of sp³-hybridized carbons (Fsp3) is 0.900. The number of rotatable bonds is 5. The average Bonchev–Trinajstić information content (AvgIpc) is 2.15. The highest BCUT2D eigenvalue weighted by atomic mass is 35.5. The second kappa shape index (κ2) is 4.99. The van der Waals surface area contributed by atoms with Gasteiger partial charge in [0.15, 0.2) is 0 Å². The van der Waals surface area contributed by atoms with E-state index in [9.17, 15) is 4.79 Å². The molecule has 0 aliphatic heterocycles. The molecule has 1 N–H and O–H groups in total. The number of hydrogen-bond donors (Lipinski definition) is 1. The van der Waals surface area contributed by atoms with Crippen LogP contribution in [0, 0.1) is 5.92 Å². The summed E-state index contributed by atoms with van der Waals surface area (Å²) in [5.74, 6) is 0.264. The Bertz CT molecular complexity index is 199. The molecule has 0 aromatic heterocycles. The van der Waals surface area contributed by atoms with Crippen LogP contribution in [0.5, 0.6) is 0 Å². The summed E-state index contributed by atoms with van der Waals surface area (Å²) in [6, 6.07) is 0. The topological polar surface area (TPSA) is 38.3 Å². The molecule has 1 fully saturated rings. The van der Waals surface area contributed by atoms with Crippen LogP contribution in [0.15, 0.2) is 0 Å². The Balaban J connectivity index is 2.28. The van der Waals surface area contributed by atoms with Gasteiger partial charge in [-0.1, -0.05) is 6.92 Å². The van der Waals surface area contributed by atoms with Crippen LogP contribution in [-0.4, -0.2) is 31.0 Å². The number of halogens is 1. The summed E-state index contributed by atoms with van der Waals surface area (Å²) in [4.78, 5) is 11.4. The van der Waals surface area contributed by atoms with E-state index in [0.29, 0.717) is 12.4 Å². The molecule has 0 radical (unpaired) electrons. The number of methoxy groups -OCH3 is 1. The highest BCUT2D eigenvalue weighted by Gasteiger charge is 2.37. The molecule has 1 saturated carbocycles. The van der Waals surface area contributed by atoms with Crippen molar-refractivity contribution < 1.29 is 9.53 Å². The predicted molar refractivity (Wildman–Crippen MR) is 56.5 cm³/mol. The molecule has 0 aromatic carbocycles. The van der Waals surface area contributed by atoms with Gasteiger partial charge < -0.3 is 10.1 Å². The van der Waals surface area contributed by atoms with Crippen molar-refractivity contribution in [3.63, 3.8) is 0 Å². The molecule has 0 aromatic rings. The summed E-state index contributed by atoms with van der Waals surface area (Å²) in [6.45, 7) is 2.44. The zero-order valence-electron chi connectivity index (χ0n) is 8.81. The molecular formula is C10H18ClNO2. The summed E-state index contributed by atoms with van der Waals surface area (Å²) >= 11 is 5.59. The number of hydrogen-bond acceptors (Lipinski definition) is 2. The standard InChI is InChI=1S/C10H18ClNO2/c1-8(6-11)9(13)12-7-10(14-2)4-3-5-10/h8H,3-7H2,1-2H3,(H,12,13). The zero-order valence-corrected chi connectivity index (χ0v) is 9.56. The minimum Gasteiger partial charge on any atom is -0.376 e. The van der Waals surface area contributed by atoms with Gasteiger partial charge in [-0.3, -0.25) is 4.79 Å². The summed E-state index contributed by atoms with van der Waals surface area (Å²) in [5.41, 5.74) is -0.0955. The number of carbonyl (C=O) groups excluding carboxylic acids is 1. The van der Waals surface area contributed by atoms with Gasteiger partial charge in [-0.05, 0) is 19.3 Å². The van der Waals surface area contributed by atoms with Crippen molar-refractivity contribution in [2.24, 2.45) is 5.92 Å². The van der Waals surface area contributed by atoms with Crippen LogP contribution < -0.4 is 5.32 Å². The van der Waals surface area contributed by atoms with Crippen LogP contribution in [0.3, 0.4) is 0 Å². The minimum absolute atomic E-state index is 0.0170. The molecule has 0 saturated heterocycles. The highest BCUT2D eigenvalue weighted by Crippen LogP contribution is 2.34. The number of alkyl halides is 1. The van der Waals surface area contributed by atoms with Crippen molar-refractivity contribution in [3.8, 4) is 0 Å². The van der Waals surface area contributed by atoms with Crippen molar-refractivity contribution in [1.29, 1.82) is 0 Å². The fourth-order valence-corrected chi connectivity index (χ4v) is 1.66. The van der Waals surface area contributed by atoms with Crippen LogP contribution in [0.4, 0.5) is 0 Å². The van der Waals surface area contributed by atoms with E-state index < -0.39 is 0 Å². The molecule has 1 rings (SSSR count). The van der Waals surface area contributed by atoms with E-state index in [1.165, 1.54) is 6.42 Å². The van der Waals surface area contributed by atoms with E-state index in [1.54, 1.807) is 7.11 Å². The molecule has 82 valence electrons. The highest BCUT2D eigenvalue weighted by molar-refractivity contribution is 6.19. The first-order valence-electron chi connectivity index (χ1n) is 5.02. The van der Waals surface area contributed by atoms with Gasteiger partial charge in [-0.15, -0.1) is 11.6 Å². The van der Waals surface area contributed by atoms with E-state index in [4.69, 9.17) is 16.3 Å². The second-order valence-corrected chi connectivity index (χ2v) is 4.32. The van der Waals surface area contributed by atoms with Gasteiger partial charge in [0.25, 0.3) is 0 Å². The first kappa shape index (κ1) is 11.8. The molecule has 4 heteroatoms. The van der Waals surface area contributed by atoms with Crippen molar-refractivity contribution >= 4 is 17.5 Å². The maximum atomic E-state index is 11.4. The van der Waals surface area contributed by atoms with E-state index in [0.717, 1.165) is 12.8 Å². The smallest absolute Gasteiger partial charge is 0.224 e. The lowest BCUT2D eigenvalue weighted by atomic mass is 9.80. The third-order valence-electron chi connectivity index (χ3n) is 2.96. The third-order valence-corrected chi connectivity index (χ3v) is 3.42. The van der Waals surface area contributed by atoms with Gasteiger partial charge in [0, 0.05) is 25.5 Å². The van der Waals surface area contributed by atoms with Gasteiger partial charge in [0.05, 0.1) is 5.60 Å². The van der Waals surface area contributed by atoms with Gasteiger partial charge in [-0.2, -0.15) is 0 Å². The molecule has 0 heterocycles. The van der Waals surface area contributed by atoms with E-state index in [2.05, 4.69) is 5.32 Å². The monoisotopic (exact) mass is 219 g/mol. The molecule has 1 unspecified atom stereocenters. The third kappa shape index (κ3) is 2.61. The lowest BCUT2D eigenvalue weighted by molar-refractivity contribution is -0.127. The lowest BCUT2D eigenvalue weighted by Crippen LogP contribution is -2.50. The molecule has 0 bridgehead atoms. The zero-order chi connectivity index (χ0) is 10.6. The largest absolute Gasteiger partial charge is 0.376 e. The molecule has 1 atom stereocenters. The Labute approximate surface area is 90.1 Å². The van der Waals surface area contributed by atoms with Crippen LogP contribution in [0.25, 0.3) is 0 Å². The average molecular weight is 220 g/mol. The molecule has 14 heavy (non-hydrogen) atoms. The molecule has 1 aliphatic carbocycles. The van der Waals surface area contributed by atoms with Crippen LogP contribution in [-0.2, 0) is 9.53 Å². The van der Waals surface area contributed by atoms with Crippen molar-refractivity contribution in [3.05, 3.63) is 0 Å². The van der Waals surface area contributed by atoms with Crippen molar-refractivity contribution in [2.75, 3.05) is 19.5 Å². The minimum atomic E-state index is -0.120. The maximum absolute atomic E-state index is 11.4. The first-order valence-corrected chi connectivity index (χ1v) is 5.56. The Kier molecular flexibility index (Phi) is 4.20. The molecule has 1 amide bonds. The predicted octanol–water partition coefficient (Wildman–Crippen LogP) is 1.55. The summed E-state index contributed by atoms with van der Waals surface area (Å²) in [6.07, 6.45) is 3.27. The fourth-order valence-electron chi connectivity index (χ4n) is 1.52. The summed E-state index contributed by atoms with van der Waals surface area (Å²) in [5, 5.41) is 2.88. The number of nitrogens with one attached hydrogen (secondary N) is 1. The Morgan fingerprint density at radius 3 is 2.64 bits per heavy atom. The quantitative estimate of drug-likeness (QED) is 0.713. The molecule has 1 aliphatic rings. The van der Waals surface area contributed by atoms with Gasteiger partial charge in [0.1, 0.15) is 0 Å². The van der Waals surface area contributed by atoms with Crippen LogP contribution in [0.2, 0.25) is 0 Å². The maximum Gasteiger partial charge on any atom is 0.224 e. The Hall–Kier alpha value is -0.280. The summed E-state index contributed by atoms with van der Waals surface area (Å²) < 4.78 is 5.39. The lowest BCUT2D eigenvalue weighted by Gasteiger charge is -2.40. The van der Waals surface area contributed by atoms with Crippen LogP contribution >= 0.6 is 11.6 Å². The number of carbonyl (C=O) groups is 1. The summed E-state index contributed by atoms with van der Waals surface area (Å²) in [7, 11) is 1.70. The molecule has 0 spiro atoms. The van der Waals surface area contributed by atoms with Gasteiger partial charge >= 0.3 is 0 Å². The first-order chi connectivity index (χ1) is 6.63. The Morgan fingerprint density at radius 1 is 1.64 bits per heavy atom. The van der Waals surface area contributed by atoms with E-state index >= 15 is 0 Å².